The molecule has 3 atom stereocenters. The largest absolute Gasteiger partial charge is 0.360 e. The zero-order valence-electron chi connectivity index (χ0n) is 16.2. The van der Waals surface area contributed by atoms with Gasteiger partial charge >= 0.3 is 5.95 Å². The summed E-state index contributed by atoms with van der Waals surface area (Å²) in [6, 6.07) is 2.73. The van der Waals surface area contributed by atoms with Crippen LogP contribution in [0.2, 0.25) is 0 Å². The number of amides is 1. The standard InChI is InChI=1S/C21H20FN7O/c1-23-19-3-4-25-21(27-19)28-11-15-6-13(7-16(15)12-28)20(30)29-18(2-5-26-29)14-8-17(22)10-24-9-14/h3-5,8-10,13,15-16,18H,2,6-7,11-12H2. The first-order valence-corrected chi connectivity index (χ1v) is 10.0. The molecule has 4 heterocycles. The highest BCUT2D eigenvalue weighted by Gasteiger charge is 2.46. The Morgan fingerprint density at radius 3 is 2.77 bits per heavy atom. The summed E-state index contributed by atoms with van der Waals surface area (Å²) in [6.07, 6.45) is 8.24. The van der Waals surface area contributed by atoms with Gasteiger partial charge in [0.25, 0.3) is 5.82 Å². The maximum Gasteiger partial charge on any atom is 0.322 e. The third-order valence-electron chi connectivity index (χ3n) is 6.29. The minimum Gasteiger partial charge on any atom is -0.360 e. The second-order valence-electron chi connectivity index (χ2n) is 8.09. The van der Waals surface area contributed by atoms with Crippen LogP contribution in [0.3, 0.4) is 0 Å². The molecule has 2 aromatic heterocycles. The van der Waals surface area contributed by atoms with Crippen LogP contribution in [-0.2, 0) is 4.79 Å². The first kappa shape index (κ1) is 18.6. The topological polar surface area (TPSA) is 78.9 Å². The molecule has 0 bridgehead atoms. The summed E-state index contributed by atoms with van der Waals surface area (Å²) in [4.78, 5) is 31.2. The van der Waals surface area contributed by atoms with Crippen LogP contribution in [0, 0.1) is 30.1 Å². The van der Waals surface area contributed by atoms with Gasteiger partial charge in [0.15, 0.2) is 0 Å². The molecule has 0 radical (unpaired) electrons. The number of hydrogen-bond acceptors (Lipinski definition) is 6. The smallest absolute Gasteiger partial charge is 0.322 e. The van der Waals surface area contributed by atoms with E-state index in [2.05, 4.69) is 29.8 Å². The Bertz CT molecular complexity index is 1040. The van der Waals surface area contributed by atoms with Crippen LogP contribution < -0.4 is 4.90 Å². The fourth-order valence-corrected chi connectivity index (χ4v) is 4.92. The van der Waals surface area contributed by atoms with Crippen molar-refractivity contribution in [1.82, 2.24) is 20.0 Å². The van der Waals surface area contributed by atoms with Gasteiger partial charge in [-0.1, -0.05) is 11.6 Å². The summed E-state index contributed by atoms with van der Waals surface area (Å²) in [5, 5.41) is 5.81. The Balaban J connectivity index is 1.25. The maximum atomic E-state index is 13.6. The maximum absolute atomic E-state index is 13.6. The molecule has 1 aliphatic carbocycles. The van der Waals surface area contributed by atoms with Crippen LogP contribution >= 0.6 is 0 Å². The van der Waals surface area contributed by atoms with Gasteiger partial charge in [0, 0.05) is 44.0 Å². The van der Waals surface area contributed by atoms with Crippen molar-refractivity contribution in [2.75, 3.05) is 18.0 Å². The van der Waals surface area contributed by atoms with Gasteiger partial charge < -0.3 is 9.74 Å². The summed E-state index contributed by atoms with van der Waals surface area (Å²) in [7, 11) is 0. The number of rotatable bonds is 3. The van der Waals surface area contributed by atoms with Crippen molar-refractivity contribution in [3.05, 3.63) is 53.5 Å². The fraction of sp³-hybridized carbons (Fsp3) is 0.429. The second kappa shape index (κ2) is 7.44. The van der Waals surface area contributed by atoms with E-state index in [1.807, 2.05) is 0 Å². The van der Waals surface area contributed by atoms with E-state index in [0.29, 0.717) is 35.6 Å². The molecule has 8 nitrogen and oxygen atoms in total. The highest BCUT2D eigenvalue weighted by molar-refractivity contribution is 5.82. The molecule has 1 saturated carbocycles. The van der Waals surface area contributed by atoms with E-state index in [1.165, 1.54) is 11.1 Å². The van der Waals surface area contributed by atoms with Crippen molar-refractivity contribution in [2.24, 2.45) is 22.9 Å². The molecule has 30 heavy (non-hydrogen) atoms. The lowest BCUT2D eigenvalue weighted by Crippen LogP contribution is -2.33. The van der Waals surface area contributed by atoms with E-state index in [0.717, 1.165) is 32.1 Å². The lowest BCUT2D eigenvalue weighted by molar-refractivity contribution is -0.137. The van der Waals surface area contributed by atoms with Crippen molar-refractivity contribution in [2.45, 2.75) is 25.3 Å². The summed E-state index contributed by atoms with van der Waals surface area (Å²) < 4.78 is 13.6. The molecule has 9 heteroatoms. The van der Waals surface area contributed by atoms with E-state index in [9.17, 15) is 9.18 Å². The molecule has 152 valence electrons. The van der Waals surface area contributed by atoms with Crippen LogP contribution in [0.1, 0.15) is 30.9 Å². The van der Waals surface area contributed by atoms with E-state index < -0.39 is 5.82 Å². The van der Waals surface area contributed by atoms with Crippen molar-refractivity contribution < 1.29 is 9.18 Å². The van der Waals surface area contributed by atoms with E-state index in [1.54, 1.807) is 24.7 Å². The normalized spacial score (nSPS) is 27.3. The molecular formula is C21H20FN7O. The monoisotopic (exact) mass is 405 g/mol. The molecule has 3 unspecified atom stereocenters. The average Bonchev–Trinajstić information content (AvgIpc) is 3.48. The van der Waals surface area contributed by atoms with E-state index in [4.69, 9.17) is 6.57 Å². The van der Waals surface area contributed by atoms with Crippen LogP contribution in [0.25, 0.3) is 4.85 Å². The highest BCUT2D eigenvalue weighted by atomic mass is 19.1. The average molecular weight is 405 g/mol. The zero-order chi connectivity index (χ0) is 20.7. The molecule has 0 spiro atoms. The number of carbonyl (C=O) groups excluding carboxylic acids is 1. The SMILES string of the molecule is [C-]#[N+]c1ccnc(N2CC3CC(C(=O)N4N=CCC4c4cncc(F)c4)CC3C2)n1. The molecular weight excluding hydrogens is 385 g/mol. The highest BCUT2D eigenvalue weighted by Crippen LogP contribution is 2.44. The third-order valence-corrected chi connectivity index (χ3v) is 6.29. The van der Waals surface area contributed by atoms with Gasteiger partial charge in [-0.05, 0) is 42.4 Å². The Labute approximate surface area is 173 Å². The molecule has 2 fully saturated rings. The second-order valence-corrected chi connectivity index (χ2v) is 8.09. The van der Waals surface area contributed by atoms with E-state index >= 15 is 0 Å². The zero-order valence-corrected chi connectivity index (χ0v) is 16.2. The molecule has 0 N–H and O–H groups in total. The first-order valence-electron chi connectivity index (χ1n) is 10.0. The molecule has 0 aromatic carbocycles. The summed E-state index contributed by atoms with van der Waals surface area (Å²) in [5.74, 6) is 1.22. The van der Waals surface area contributed by atoms with Crippen LogP contribution in [0.5, 0.6) is 0 Å². The summed E-state index contributed by atoms with van der Waals surface area (Å²) >= 11 is 0. The van der Waals surface area contributed by atoms with Gasteiger partial charge in [-0.15, -0.1) is 0 Å². The van der Waals surface area contributed by atoms with Crippen molar-refractivity contribution in [3.63, 3.8) is 0 Å². The van der Waals surface area contributed by atoms with Gasteiger partial charge in [0.05, 0.1) is 12.2 Å². The minimum absolute atomic E-state index is 0.00483. The number of carbonyl (C=O) groups is 1. The summed E-state index contributed by atoms with van der Waals surface area (Å²) in [6.45, 7) is 8.70. The Hall–Kier alpha value is -3.41. The van der Waals surface area contributed by atoms with Crippen molar-refractivity contribution >= 4 is 23.9 Å². The van der Waals surface area contributed by atoms with Gasteiger partial charge in [0.1, 0.15) is 5.82 Å². The minimum atomic E-state index is -0.410. The van der Waals surface area contributed by atoms with Gasteiger partial charge in [-0.25, -0.2) is 14.4 Å². The number of anilines is 1. The van der Waals surface area contributed by atoms with E-state index in [-0.39, 0.29) is 17.9 Å². The number of nitrogens with zero attached hydrogens (tertiary/aromatic N) is 7. The number of hydrogen-bond donors (Lipinski definition) is 0. The number of pyridine rings is 1. The first-order chi connectivity index (χ1) is 14.6. The lowest BCUT2D eigenvalue weighted by atomic mass is 10.0. The molecule has 1 amide bonds. The molecule has 3 aliphatic rings. The quantitative estimate of drug-likeness (QED) is 0.734. The van der Waals surface area contributed by atoms with Crippen LogP contribution in [-0.4, -0.2) is 45.2 Å². The number of aromatic nitrogens is 3. The fourth-order valence-electron chi connectivity index (χ4n) is 4.92. The molecule has 1 saturated heterocycles. The molecule has 5 rings (SSSR count). The Morgan fingerprint density at radius 1 is 1.23 bits per heavy atom. The molecule has 2 aromatic rings. The van der Waals surface area contributed by atoms with Gasteiger partial charge in [-0.3, -0.25) is 9.78 Å². The number of hydrazone groups is 1. The number of halogens is 1. The van der Waals surface area contributed by atoms with Crippen molar-refractivity contribution in [1.29, 1.82) is 0 Å². The van der Waals surface area contributed by atoms with Crippen LogP contribution in [0.4, 0.5) is 16.2 Å². The predicted molar refractivity (Wildman–Crippen MR) is 107 cm³/mol. The lowest BCUT2D eigenvalue weighted by Gasteiger charge is -2.25. The predicted octanol–water partition coefficient (Wildman–Crippen LogP) is 2.98. The Morgan fingerprint density at radius 2 is 2.03 bits per heavy atom. The molecule has 2 aliphatic heterocycles. The Kier molecular flexibility index (Phi) is 4.62. The van der Waals surface area contributed by atoms with Gasteiger partial charge in [-0.2, -0.15) is 5.10 Å². The summed E-state index contributed by atoms with van der Waals surface area (Å²) in [5.41, 5.74) is 0.669. The van der Waals surface area contributed by atoms with Gasteiger partial charge in [0.2, 0.25) is 5.91 Å². The van der Waals surface area contributed by atoms with Crippen LogP contribution in [0.15, 0.2) is 35.8 Å². The van der Waals surface area contributed by atoms with Crippen molar-refractivity contribution in [3.8, 4) is 0 Å². The number of fused-ring (bicyclic) bond motifs is 1. The third kappa shape index (κ3) is 3.28.